The van der Waals surface area contributed by atoms with Gasteiger partial charge in [-0.2, -0.15) is 0 Å². The maximum absolute atomic E-state index is 13.5. The van der Waals surface area contributed by atoms with E-state index >= 15 is 0 Å². The molecule has 0 aromatic rings. The Morgan fingerprint density at radius 3 is 1.41 bits per heavy atom. The van der Waals surface area contributed by atoms with E-state index in [4.69, 9.17) is 0 Å². The number of hydrogen-bond donors (Lipinski definition) is 0. The van der Waals surface area contributed by atoms with E-state index in [2.05, 4.69) is 19.6 Å². The molecule has 0 bridgehead atoms. The number of hydrogen-bond acceptors (Lipinski definition) is 4. The molecular formula is C26H44N4O2. The van der Waals surface area contributed by atoms with Crippen molar-refractivity contribution in [1.82, 2.24) is 19.6 Å². The van der Waals surface area contributed by atoms with E-state index in [-0.39, 0.29) is 11.8 Å². The topological polar surface area (TPSA) is 47.1 Å². The van der Waals surface area contributed by atoms with Crippen LogP contribution < -0.4 is 0 Å². The molecule has 4 aliphatic heterocycles. The van der Waals surface area contributed by atoms with Gasteiger partial charge in [0.05, 0.1) is 0 Å². The SMILES string of the molecule is O=C(C1CCCC(C(=O)N2CCCC2CN2CCCC2)C1)N1CCCC1CN1CCCC1. The van der Waals surface area contributed by atoms with Crippen molar-refractivity contribution in [1.29, 1.82) is 0 Å². The summed E-state index contributed by atoms with van der Waals surface area (Å²) >= 11 is 0. The average Bonchev–Trinajstić information content (AvgIpc) is 3.62. The van der Waals surface area contributed by atoms with Crippen molar-refractivity contribution < 1.29 is 9.59 Å². The molecule has 5 rings (SSSR count). The van der Waals surface area contributed by atoms with Crippen molar-refractivity contribution >= 4 is 11.8 Å². The van der Waals surface area contributed by atoms with Crippen LogP contribution in [0.3, 0.4) is 0 Å². The zero-order valence-electron chi connectivity index (χ0n) is 20.1. The summed E-state index contributed by atoms with van der Waals surface area (Å²) in [4.78, 5) is 36.6. The molecule has 1 saturated carbocycles. The van der Waals surface area contributed by atoms with Gasteiger partial charge in [-0.15, -0.1) is 0 Å². The van der Waals surface area contributed by atoms with Crippen molar-refractivity contribution in [2.75, 3.05) is 52.4 Å². The van der Waals surface area contributed by atoms with Crippen LogP contribution in [0.2, 0.25) is 0 Å². The molecule has 0 N–H and O–H groups in total. The molecule has 32 heavy (non-hydrogen) atoms. The lowest BCUT2D eigenvalue weighted by atomic mass is 9.79. The zero-order chi connectivity index (χ0) is 21.9. The first kappa shape index (κ1) is 22.6. The monoisotopic (exact) mass is 444 g/mol. The highest BCUT2D eigenvalue weighted by atomic mass is 16.2. The van der Waals surface area contributed by atoms with E-state index in [0.717, 1.165) is 77.5 Å². The van der Waals surface area contributed by atoms with Crippen LogP contribution in [0.25, 0.3) is 0 Å². The molecule has 1 aliphatic carbocycles. The molecule has 0 aromatic carbocycles. The minimum atomic E-state index is 0.0662. The molecule has 6 heteroatoms. The Morgan fingerprint density at radius 2 is 0.969 bits per heavy atom. The summed E-state index contributed by atoms with van der Waals surface area (Å²) in [6.45, 7) is 8.78. The molecule has 0 aromatic heterocycles. The normalized spacial score (nSPS) is 34.6. The summed E-state index contributed by atoms with van der Waals surface area (Å²) < 4.78 is 0. The highest BCUT2D eigenvalue weighted by molar-refractivity contribution is 5.83. The number of carbonyl (C=O) groups is 2. The van der Waals surface area contributed by atoms with Gasteiger partial charge in [0, 0.05) is 50.1 Å². The second-order valence-electron chi connectivity index (χ2n) is 11.2. The average molecular weight is 445 g/mol. The van der Waals surface area contributed by atoms with Gasteiger partial charge in [-0.1, -0.05) is 6.42 Å². The van der Waals surface area contributed by atoms with Crippen LogP contribution in [0.15, 0.2) is 0 Å². The van der Waals surface area contributed by atoms with E-state index in [9.17, 15) is 9.59 Å². The Morgan fingerprint density at radius 1 is 0.531 bits per heavy atom. The predicted molar refractivity (Wildman–Crippen MR) is 126 cm³/mol. The second-order valence-corrected chi connectivity index (χ2v) is 11.2. The Bertz CT molecular complexity index is 604. The van der Waals surface area contributed by atoms with Crippen LogP contribution in [0.4, 0.5) is 0 Å². The number of likely N-dealkylation sites (tertiary alicyclic amines) is 4. The number of amides is 2. The third-order valence-electron chi connectivity index (χ3n) is 9.03. The molecule has 4 unspecified atom stereocenters. The van der Waals surface area contributed by atoms with Crippen LogP contribution in [0.5, 0.6) is 0 Å². The summed E-state index contributed by atoms with van der Waals surface area (Å²) in [5.74, 6) is 0.853. The molecule has 180 valence electrons. The Labute approximate surface area is 194 Å². The molecule has 4 atom stereocenters. The minimum absolute atomic E-state index is 0.0662. The molecule has 0 spiro atoms. The van der Waals surface area contributed by atoms with Gasteiger partial charge in [0.1, 0.15) is 0 Å². The third kappa shape index (κ3) is 5.01. The van der Waals surface area contributed by atoms with Gasteiger partial charge in [0.15, 0.2) is 0 Å². The second kappa shape index (κ2) is 10.4. The Hall–Kier alpha value is -1.14. The number of nitrogens with zero attached hydrogens (tertiary/aromatic N) is 4. The van der Waals surface area contributed by atoms with E-state index < -0.39 is 0 Å². The number of rotatable bonds is 6. The van der Waals surface area contributed by atoms with Gasteiger partial charge >= 0.3 is 0 Å². The molecule has 6 nitrogen and oxygen atoms in total. The summed E-state index contributed by atoms with van der Waals surface area (Å²) in [6, 6.07) is 0.806. The largest absolute Gasteiger partial charge is 0.338 e. The van der Waals surface area contributed by atoms with Crippen molar-refractivity contribution in [2.24, 2.45) is 11.8 Å². The smallest absolute Gasteiger partial charge is 0.225 e. The Kier molecular flexibility index (Phi) is 7.37. The summed E-state index contributed by atoms with van der Waals surface area (Å²) in [7, 11) is 0. The summed E-state index contributed by atoms with van der Waals surface area (Å²) in [6.07, 6.45) is 13.6. The molecule has 4 heterocycles. The maximum Gasteiger partial charge on any atom is 0.225 e. The van der Waals surface area contributed by atoms with Gasteiger partial charge in [-0.05, 0) is 96.8 Å². The lowest BCUT2D eigenvalue weighted by Crippen LogP contribution is -2.48. The van der Waals surface area contributed by atoms with Crippen molar-refractivity contribution in [3.63, 3.8) is 0 Å². The third-order valence-corrected chi connectivity index (χ3v) is 9.03. The first-order valence-electron chi connectivity index (χ1n) is 13.7. The first-order valence-corrected chi connectivity index (χ1v) is 13.7. The molecule has 2 amide bonds. The van der Waals surface area contributed by atoms with E-state index in [1.807, 2.05) is 0 Å². The van der Waals surface area contributed by atoms with E-state index in [1.54, 1.807) is 0 Å². The fourth-order valence-corrected chi connectivity index (χ4v) is 7.27. The zero-order valence-corrected chi connectivity index (χ0v) is 20.1. The minimum Gasteiger partial charge on any atom is -0.338 e. The summed E-state index contributed by atoms with van der Waals surface area (Å²) in [5, 5.41) is 0. The van der Waals surface area contributed by atoms with Gasteiger partial charge in [-0.25, -0.2) is 0 Å². The van der Waals surface area contributed by atoms with Gasteiger partial charge in [-0.3, -0.25) is 9.59 Å². The molecular weight excluding hydrogens is 400 g/mol. The fourth-order valence-electron chi connectivity index (χ4n) is 7.27. The van der Waals surface area contributed by atoms with Gasteiger partial charge < -0.3 is 19.6 Å². The quantitative estimate of drug-likeness (QED) is 0.632. The molecule has 4 saturated heterocycles. The van der Waals surface area contributed by atoms with Gasteiger partial charge in [0.2, 0.25) is 11.8 Å². The standard InChI is InChI=1S/C26H44N4O2/c31-25(29-16-6-10-23(29)19-27-12-1-2-13-27)21-8-5-9-22(18-21)26(32)30-17-7-11-24(30)20-28-14-3-4-15-28/h21-24H,1-20H2. The first-order chi connectivity index (χ1) is 15.7. The van der Waals surface area contributed by atoms with Crippen molar-refractivity contribution in [3.05, 3.63) is 0 Å². The van der Waals surface area contributed by atoms with Crippen LogP contribution in [0, 0.1) is 11.8 Å². The lowest BCUT2D eigenvalue weighted by Gasteiger charge is -2.36. The maximum atomic E-state index is 13.5. The highest BCUT2D eigenvalue weighted by Gasteiger charge is 2.40. The predicted octanol–water partition coefficient (Wildman–Crippen LogP) is 2.97. The van der Waals surface area contributed by atoms with Crippen LogP contribution in [-0.2, 0) is 9.59 Å². The Balaban J connectivity index is 1.17. The lowest BCUT2D eigenvalue weighted by molar-refractivity contribution is -0.142. The van der Waals surface area contributed by atoms with Crippen LogP contribution >= 0.6 is 0 Å². The molecule has 5 aliphatic rings. The molecule has 0 radical (unpaired) electrons. The number of carbonyl (C=O) groups excluding carboxylic acids is 2. The summed E-state index contributed by atoms with van der Waals surface area (Å²) in [5.41, 5.74) is 0. The van der Waals surface area contributed by atoms with E-state index in [0.29, 0.717) is 23.9 Å². The van der Waals surface area contributed by atoms with Gasteiger partial charge in [0.25, 0.3) is 0 Å². The van der Waals surface area contributed by atoms with Crippen molar-refractivity contribution in [3.8, 4) is 0 Å². The molecule has 5 fully saturated rings. The van der Waals surface area contributed by atoms with E-state index in [1.165, 1.54) is 51.9 Å². The fraction of sp³-hybridized carbons (Fsp3) is 0.923. The highest BCUT2D eigenvalue weighted by Crippen LogP contribution is 2.35. The van der Waals surface area contributed by atoms with Crippen LogP contribution in [0.1, 0.15) is 77.0 Å². The van der Waals surface area contributed by atoms with Crippen LogP contribution in [-0.4, -0.2) is 95.9 Å². The van der Waals surface area contributed by atoms with Crippen molar-refractivity contribution in [2.45, 2.75) is 89.1 Å².